The smallest absolute Gasteiger partial charge is 0.358 e. The third-order valence-electron chi connectivity index (χ3n) is 10.4. The van der Waals surface area contributed by atoms with E-state index in [1.807, 2.05) is 44.0 Å². The molecular weight excluding hydrogens is 556 g/mol. The molecule has 2 aromatic heterocycles. The molecule has 4 aliphatic carbocycles. The molecule has 44 heavy (non-hydrogen) atoms. The van der Waals surface area contributed by atoms with Crippen LogP contribution < -0.4 is 9.64 Å². The molecule has 3 heterocycles. The number of hydrogen-bond acceptors (Lipinski definition) is 7. The molecule has 1 aromatic carbocycles. The van der Waals surface area contributed by atoms with Crippen LogP contribution >= 0.6 is 0 Å². The Kier molecular flexibility index (Phi) is 6.79. The first-order valence-corrected chi connectivity index (χ1v) is 15.9. The Morgan fingerprint density at radius 2 is 1.66 bits per heavy atom. The van der Waals surface area contributed by atoms with Crippen molar-refractivity contribution in [3.05, 3.63) is 58.5 Å². The van der Waals surface area contributed by atoms with E-state index >= 15 is 0 Å². The quantitative estimate of drug-likeness (QED) is 0.325. The number of ether oxygens (including phenoxy) is 2. The Morgan fingerprint density at radius 1 is 0.977 bits per heavy atom. The minimum atomic E-state index is -0.977. The largest absolute Gasteiger partial charge is 0.496 e. The molecule has 0 radical (unpaired) electrons. The summed E-state index contributed by atoms with van der Waals surface area (Å²) in [6.45, 7) is 8.64. The number of aromatic carboxylic acids is 1. The summed E-state index contributed by atoms with van der Waals surface area (Å²) in [5, 5.41) is 14.9. The number of hydrogen-bond donors (Lipinski definition) is 1. The number of aromatic nitrogens is 3. The lowest BCUT2D eigenvalue weighted by Crippen LogP contribution is -2.52. The van der Waals surface area contributed by atoms with Gasteiger partial charge in [-0.2, -0.15) is 5.10 Å². The second-order valence-corrected chi connectivity index (χ2v) is 14.5. The number of carboxylic acids is 1. The number of anilines is 1. The van der Waals surface area contributed by atoms with Crippen molar-refractivity contribution in [2.75, 3.05) is 18.6 Å². The van der Waals surface area contributed by atoms with E-state index in [4.69, 9.17) is 19.6 Å². The molecular formula is C35H42N4O5. The maximum atomic E-state index is 13.7. The fourth-order valence-electron chi connectivity index (χ4n) is 9.03. The van der Waals surface area contributed by atoms with Gasteiger partial charge >= 0.3 is 11.9 Å². The van der Waals surface area contributed by atoms with Crippen molar-refractivity contribution in [1.29, 1.82) is 0 Å². The summed E-state index contributed by atoms with van der Waals surface area (Å²) in [7, 11) is 1.60. The number of carboxylic acid groups (broad SMARTS) is 1. The zero-order chi connectivity index (χ0) is 31.0. The molecule has 4 fully saturated rings. The standard InChI is InChI=1S/C35H42N4O5/c1-20-27(18-36-39(20)35-15-21-12-22(16-35)14-23(13-21)17-35)25-7-9-30(37-31(25)33(42)44-34(2,3)4)38-11-10-24-28(19-38)26(32(40)41)6-8-29(24)43-5/h6-9,18,21-23H,10-17,19H2,1-5H3,(H,40,41). The highest BCUT2D eigenvalue weighted by atomic mass is 16.6. The lowest BCUT2D eigenvalue weighted by Gasteiger charge is -2.57. The molecule has 232 valence electrons. The second-order valence-electron chi connectivity index (χ2n) is 14.5. The van der Waals surface area contributed by atoms with E-state index in [1.165, 1.54) is 38.5 Å². The molecule has 0 atom stereocenters. The van der Waals surface area contributed by atoms with E-state index in [0.29, 0.717) is 42.2 Å². The summed E-state index contributed by atoms with van der Waals surface area (Å²) in [6.07, 6.45) is 10.2. The Morgan fingerprint density at radius 3 is 2.27 bits per heavy atom. The van der Waals surface area contributed by atoms with Gasteiger partial charge in [-0.1, -0.05) is 0 Å². The van der Waals surface area contributed by atoms with Gasteiger partial charge in [-0.05, 0) is 120 Å². The van der Waals surface area contributed by atoms with Crippen LogP contribution in [-0.2, 0) is 23.2 Å². The van der Waals surface area contributed by atoms with Gasteiger partial charge in [0.05, 0.1) is 24.4 Å². The molecule has 5 aliphatic rings. The van der Waals surface area contributed by atoms with Crippen molar-refractivity contribution >= 4 is 17.8 Å². The van der Waals surface area contributed by atoms with E-state index in [9.17, 15) is 14.7 Å². The van der Waals surface area contributed by atoms with Crippen molar-refractivity contribution in [3.63, 3.8) is 0 Å². The first kappa shape index (κ1) is 28.9. The Bertz CT molecular complexity index is 1620. The van der Waals surface area contributed by atoms with Crippen LogP contribution in [0.5, 0.6) is 5.75 Å². The molecule has 0 spiro atoms. The minimum absolute atomic E-state index is 0.0701. The number of carbonyl (C=O) groups is 2. The Balaban J connectivity index is 1.27. The Labute approximate surface area is 258 Å². The number of fused-ring (bicyclic) bond motifs is 1. The summed E-state index contributed by atoms with van der Waals surface area (Å²) in [5.74, 6) is 2.21. The SMILES string of the molecule is COc1ccc(C(=O)O)c2c1CCN(c1ccc(-c3cnn(C45CC6CC(CC(C6)C4)C5)c3C)c(C(=O)OC(C)(C)C)n1)C2. The zero-order valence-electron chi connectivity index (χ0n) is 26.4. The van der Waals surface area contributed by atoms with Gasteiger partial charge in [0.1, 0.15) is 17.2 Å². The van der Waals surface area contributed by atoms with Gasteiger partial charge in [0, 0.05) is 35.5 Å². The van der Waals surface area contributed by atoms with Gasteiger partial charge in [0.15, 0.2) is 5.69 Å². The van der Waals surface area contributed by atoms with Crippen LogP contribution in [0.2, 0.25) is 0 Å². The van der Waals surface area contributed by atoms with Crippen LogP contribution in [0.25, 0.3) is 11.1 Å². The van der Waals surface area contributed by atoms with Crippen molar-refractivity contribution in [3.8, 4) is 16.9 Å². The van der Waals surface area contributed by atoms with Gasteiger partial charge in [-0.15, -0.1) is 0 Å². The highest BCUT2D eigenvalue weighted by Crippen LogP contribution is 2.59. The van der Waals surface area contributed by atoms with Crippen LogP contribution in [0.1, 0.15) is 97.0 Å². The fraction of sp³-hybridized carbons (Fsp3) is 0.543. The molecule has 4 saturated carbocycles. The van der Waals surface area contributed by atoms with Gasteiger partial charge in [-0.25, -0.2) is 14.6 Å². The van der Waals surface area contributed by atoms with E-state index in [1.54, 1.807) is 19.2 Å². The summed E-state index contributed by atoms with van der Waals surface area (Å²) in [4.78, 5) is 32.8. The number of rotatable bonds is 6. The van der Waals surface area contributed by atoms with Gasteiger partial charge < -0.3 is 19.5 Å². The lowest BCUT2D eigenvalue weighted by atomic mass is 9.53. The lowest BCUT2D eigenvalue weighted by molar-refractivity contribution is -0.0503. The number of benzene rings is 1. The molecule has 9 heteroatoms. The molecule has 4 bridgehead atoms. The number of carbonyl (C=O) groups excluding carboxylic acids is 1. The Hall–Kier alpha value is -3.88. The molecule has 0 saturated heterocycles. The molecule has 1 N–H and O–H groups in total. The normalized spacial score (nSPS) is 25.6. The third-order valence-corrected chi connectivity index (χ3v) is 10.4. The first-order chi connectivity index (χ1) is 20.9. The monoisotopic (exact) mass is 598 g/mol. The van der Waals surface area contributed by atoms with E-state index in [0.717, 1.165) is 34.6 Å². The zero-order valence-corrected chi connectivity index (χ0v) is 26.4. The molecule has 0 amide bonds. The summed E-state index contributed by atoms with van der Waals surface area (Å²) in [6, 6.07) is 7.19. The number of esters is 1. The van der Waals surface area contributed by atoms with Gasteiger partial charge in [0.2, 0.25) is 0 Å². The van der Waals surface area contributed by atoms with E-state index in [2.05, 4.69) is 11.6 Å². The third kappa shape index (κ3) is 4.85. The van der Waals surface area contributed by atoms with Crippen LogP contribution in [0.15, 0.2) is 30.5 Å². The van der Waals surface area contributed by atoms with Crippen molar-refractivity contribution in [1.82, 2.24) is 14.8 Å². The molecule has 8 rings (SSSR count). The topological polar surface area (TPSA) is 107 Å². The van der Waals surface area contributed by atoms with Crippen LogP contribution in [0.4, 0.5) is 5.82 Å². The maximum Gasteiger partial charge on any atom is 0.358 e. The summed E-state index contributed by atoms with van der Waals surface area (Å²) >= 11 is 0. The number of methoxy groups -OCH3 is 1. The minimum Gasteiger partial charge on any atom is -0.496 e. The highest BCUT2D eigenvalue weighted by molar-refractivity contribution is 5.96. The van der Waals surface area contributed by atoms with E-state index in [-0.39, 0.29) is 16.8 Å². The number of nitrogens with zero attached hydrogens (tertiary/aromatic N) is 4. The maximum absolute atomic E-state index is 13.7. The highest BCUT2D eigenvalue weighted by Gasteiger charge is 2.53. The van der Waals surface area contributed by atoms with Crippen molar-refractivity contribution in [2.45, 2.75) is 90.3 Å². The predicted octanol–water partition coefficient (Wildman–Crippen LogP) is 6.40. The first-order valence-electron chi connectivity index (χ1n) is 15.9. The fourth-order valence-corrected chi connectivity index (χ4v) is 9.03. The average molecular weight is 599 g/mol. The summed E-state index contributed by atoms with van der Waals surface area (Å²) in [5.41, 5.74) is 4.17. The average Bonchev–Trinajstić information content (AvgIpc) is 3.36. The van der Waals surface area contributed by atoms with Crippen molar-refractivity contribution in [2.24, 2.45) is 17.8 Å². The van der Waals surface area contributed by atoms with Crippen LogP contribution in [0.3, 0.4) is 0 Å². The van der Waals surface area contributed by atoms with Crippen molar-refractivity contribution < 1.29 is 24.2 Å². The summed E-state index contributed by atoms with van der Waals surface area (Å²) < 4.78 is 13.7. The predicted molar refractivity (Wildman–Crippen MR) is 166 cm³/mol. The van der Waals surface area contributed by atoms with Gasteiger partial charge in [-0.3, -0.25) is 4.68 Å². The molecule has 9 nitrogen and oxygen atoms in total. The molecule has 3 aromatic rings. The second kappa shape index (κ2) is 10.3. The van der Waals surface area contributed by atoms with Crippen LogP contribution in [-0.4, -0.2) is 51.1 Å². The van der Waals surface area contributed by atoms with E-state index < -0.39 is 17.5 Å². The molecule has 1 aliphatic heterocycles. The van der Waals surface area contributed by atoms with Crippen LogP contribution in [0, 0.1) is 24.7 Å². The molecule has 0 unspecified atom stereocenters. The number of pyridine rings is 1. The van der Waals surface area contributed by atoms with Gasteiger partial charge in [0.25, 0.3) is 0 Å².